The molecule has 0 fully saturated rings. The highest BCUT2D eigenvalue weighted by atomic mass is 16.6. The Morgan fingerprint density at radius 1 is 1.06 bits per heavy atom. The third-order valence-electron chi connectivity index (χ3n) is 2.15. The Kier molecular flexibility index (Phi) is 2.57. The summed E-state index contributed by atoms with van der Waals surface area (Å²) in [5, 5.41) is 10.7. The van der Waals surface area contributed by atoms with E-state index in [9.17, 15) is 10.1 Å². The van der Waals surface area contributed by atoms with E-state index in [1.807, 2.05) is 6.07 Å². The summed E-state index contributed by atoms with van der Waals surface area (Å²) in [7, 11) is 0. The van der Waals surface area contributed by atoms with E-state index in [0.29, 0.717) is 5.56 Å². The number of hydrogen-bond donors (Lipinski definition) is 2. The van der Waals surface area contributed by atoms with Gasteiger partial charge in [0.15, 0.2) is 5.82 Å². The number of benzene rings is 1. The van der Waals surface area contributed by atoms with E-state index in [2.05, 4.69) is 9.97 Å². The van der Waals surface area contributed by atoms with Crippen LogP contribution in [0.15, 0.2) is 30.3 Å². The van der Waals surface area contributed by atoms with Gasteiger partial charge in [0.1, 0.15) is 0 Å². The molecule has 7 nitrogen and oxygen atoms in total. The zero-order valence-corrected chi connectivity index (χ0v) is 8.70. The van der Waals surface area contributed by atoms with Crippen molar-refractivity contribution in [2.75, 3.05) is 11.5 Å². The number of nitro groups is 1. The first kappa shape index (κ1) is 10.8. The lowest BCUT2D eigenvalue weighted by molar-refractivity contribution is -0.383. The van der Waals surface area contributed by atoms with E-state index in [1.165, 1.54) is 0 Å². The quantitative estimate of drug-likeness (QED) is 0.591. The van der Waals surface area contributed by atoms with Gasteiger partial charge in [-0.15, -0.1) is 0 Å². The largest absolute Gasteiger partial charge is 0.378 e. The van der Waals surface area contributed by atoms with Gasteiger partial charge in [0, 0.05) is 5.56 Å². The number of nitrogens with two attached hydrogens (primary N) is 2. The van der Waals surface area contributed by atoms with E-state index in [1.54, 1.807) is 24.3 Å². The molecule has 1 aromatic heterocycles. The van der Waals surface area contributed by atoms with Crippen LogP contribution in [0.1, 0.15) is 0 Å². The fourth-order valence-corrected chi connectivity index (χ4v) is 1.39. The van der Waals surface area contributed by atoms with E-state index in [-0.39, 0.29) is 17.5 Å². The number of hydrogen-bond acceptors (Lipinski definition) is 6. The first-order valence-electron chi connectivity index (χ1n) is 4.72. The molecule has 0 atom stereocenters. The number of nitrogens with zero attached hydrogens (tertiary/aromatic N) is 3. The van der Waals surface area contributed by atoms with Gasteiger partial charge in [-0.2, -0.15) is 0 Å². The molecule has 0 saturated carbocycles. The molecule has 0 amide bonds. The van der Waals surface area contributed by atoms with Gasteiger partial charge in [-0.3, -0.25) is 10.1 Å². The molecule has 0 aliphatic heterocycles. The topological polar surface area (TPSA) is 121 Å². The fraction of sp³-hybridized carbons (Fsp3) is 0. The summed E-state index contributed by atoms with van der Waals surface area (Å²) in [4.78, 5) is 17.7. The molecule has 0 unspecified atom stereocenters. The minimum atomic E-state index is -0.695. The Balaban J connectivity index is 2.57. The van der Waals surface area contributed by atoms with Crippen LogP contribution in [0.4, 0.5) is 17.3 Å². The predicted molar refractivity (Wildman–Crippen MR) is 62.9 cm³/mol. The molecule has 7 heteroatoms. The van der Waals surface area contributed by atoms with Gasteiger partial charge in [0.05, 0.1) is 4.92 Å². The maximum Gasteiger partial charge on any atom is 0.352 e. The smallest absolute Gasteiger partial charge is 0.352 e. The molecule has 0 aliphatic rings. The lowest BCUT2D eigenvalue weighted by Gasteiger charge is -2.03. The highest BCUT2D eigenvalue weighted by Gasteiger charge is 2.20. The molecule has 1 heterocycles. The highest BCUT2D eigenvalue weighted by Crippen LogP contribution is 2.27. The second-order valence-corrected chi connectivity index (χ2v) is 3.29. The van der Waals surface area contributed by atoms with Crippen LogP contribution in [0.5, 0.6) is 0 Å². The maximum absolute atomic E-state index is 10.7. The van der Waals surface area contributed by atoms with Crippen LogP contribution in [0.3, 0.4) is 0 Å². The number of anilines is 2. The molecular weight excluding hydrogens is 222 g/mol. The number of nitrogen functional groups attached to an aromatic ring is 2. The Morgan fingerprint density at radius 3 is 2.06 bits per heavy atom. The Hall–Kier alpha value is -2.70. The van der Waals surface area contributed by atoms with Crippen molar-refractivity contribution in [2.24, 2.45) is 0 Å². The van der Waals surface area contributed by atoms with Crippen molar-refractivity contribution in [3.8, 4) is 11.4 Å². The zero-order valence-electron chi connectivity index (χ0n) is 8.70. The molecule has 86 valence electrons. The second kappa shape index (κ2) is 4.05. The molecular formula is C10H9N5O2. The maximum atomic E-state index is 10.7. The first-order valence-corrected chi connectivity index (χ1v) is 4.72. The highest BCUT2D eigenvalue weighted by molar-refractivity contribution is 5.70. The minimum Gasteiger partial charge on any atom is -0.378 e. The predicted octanol–water partition coefficient (Wildman–Crippen LogP) is 1.22. The van der Waals surface area contributed by atoms with Crippen molar-refractivity contribution in [1.82, 2.24) is 9.97 Å². The average Bonchev–Trinajstić information content (AvgIpc) is 2.28. The summed E-state index contributed by atoms with van der Waals surface area (Å²) < 4.78 is 0. The van der Waals surface area contributed by atoms with Crippen molar-refractivity contribution >= 4 is 17.3 Å². The van der Waals surface area contributed by atoms with Crippen LogP contribution in [-0.4, -0.2) is 14.9 Å². The van der Waals surface area contributed by atoms with Crippen molar-refractivity contribution in [3.63, 3.8) is 0 Å². The van der Waals surface area contributed by atoms with Gasteiger partial charge in [-0.25, -0.2) is 9.97 Å². The monoisotopic (exact) mass is 231 g/mol. The van der Waals surface area contributed by atoms with Crippen molar-refractivity contribution < 1.29 is 4.92 Å². The zero-order chi connectivity index (χ0) is 12.4. The van der Waals surface area contributed by atoms with E-state index in [4.69, 9.17) is 11.5 Å². The lowest BCUT2D eigenvalue weighted by Crippen LogP contribution is -2.06. The molecule has 0 aliphatic carbocycles. The van der Waals surface area contributed by atoms with Crippen LogP contribution < -0.4 is 11.5 Å². The molecule has 2 aromatic rings. The SMILES string of the molecule is Nc1nc(-c2ccccc2)nc(N)c1[N+](=O)[O-]. The third-order valence-corrected chi connectivity index (χ3v) is 2.15. The normalized spacial score (nSPS) is 10.1. The van der Waals surface area contributed by atoms with Crippen molar-refractivity contribution in [2.45, 2.75) is 0 Å². The van der Waals surface area contributed by atoms with Gasteiger partial charge >= 0.3 is 5.69 Å². The van der Waals surface area contributed by atoms with Crippen LogP contribution >= 0.6 is 0 Å². The van der Waals surface area contributed by atoms with Crippen LogP contribution in [-0.2, 0) is 0 Å². The summed E-state index contributed by atoms with van der Waals surface area (Å²) in [6.07, 6.45) is 0. The van der Waals surface area contributed by atoms with Gasteiger partial charge in [-0.05, 0) is 0 Å². The molecule has 17 heavy (non-hydrogen) atoms. The van der Waals surface area contributed by atoms with Crippen LogP contribution in [0, 0.1) is 10.1 Å². The van der Waals surface area contributed by atoms with Crippen molar-refractivity contribution in [3.05, 3.63) is 40.4 Å². The minimum absolute atomic E-state index is 0.235. The van der Waals surface area contributed by atoms with Gasteiger partial charge < -0.3 is 11.5 Å². The Morgan fingerprint density at radius 2 is 1.59 bits per heavy atom. The van der Waals surface area contributed by atoms with Crippen molar-refractivity contribution in [1.29, 1.82) is 0 Å². The summed E-state index contributed by atoms with van der Waals surface area (Å²) >= 11 is 0. The molecule has 2 rings (SSSR count). The summed E-state index contributed by atoms with van der Waals surface area (Å²) in [5.41, 5.74) is 11.2. The number of aromatic nitrogens is 2. The molecule has 4 N–H and O–H groups in total. The Bertz CT molecular complexity index is 547. The lowest BCUT2D eigenvalue weighted by atomic mass is 10.2. The fourth-order valence-electron chi connectivity index (χ4n) is 1.39. The second-order valence-electron chi connectivity index (χ2n) is 3.29. The van der Waals surface area contributed by atoms with Gasteiger partial charge in [0.25, 0.3) is 0 Å². The molecule has 0 spiro atoms. The Labute approximate surface area is 96.3 Å². The first-order chi connectivity index (χ1) is 8.09. The summed E-state index contributed by atoms with van der Waals surface area (Å²) in [5.74, 6) is -0.200. The van der Waals surface area contributed by atoms with Crippen LogP contribution in [0.2, 0.25) is 0 Å². The van der Waals surface area contributed by atoms with Gasteiger partial charge in [0.2, 0.25) is 11.6 Å². The third kappa shape index (κ3) is 1.98. The standard InChI is InChI=1S/C10H9N5O2/c11-8-7(15(16)17)9(12)14-10(13-8)6-4-2-1-3-5-6/h1-5H,(H4,11,12,13,14). The molecule has 1 aromatic carbocycles. The van der Waals surface area contributed by atoms with E-state index in [0.717, 1.165) is 0 Å². The molecule has 0 bridgehead atoms. The number of rotatable bonds is 2. The molecule has 0 radical (unpaired) electrons. The van der Waals surface area contributed by atoms with E-state index >= 15 is 0 Å². The van der Waals surface area contributed by atoms with E-state index < -0.39 is 10.6 Å². The van der Waals surface area contributed by atoms with Crippen LogP contribution in [0.25, 0.3) is 11.4 Å². The van der Waals surface area contributed by atoms with Gasteiger partial charge in [-0.1, -0.05) is 30.3 Å². The average molecular weight is 231 g/mol. The summed E-state index contributed by atoms with van der Waals surface area (Å²) in [6.45, 7) is 0. The summed E-state index contributed by atoms with van der Waals surface area (Å²) in [6, 6.07) is 8.96. The molecule has 0 saturated heterocycles.